The van der Waals surface area contributed by atoms with Gasteiger partial charge in [-0.3, -0.25) is 4.79 Å². The molecule has 1 heterocycles. The van der Waals surface area contributed by atoms with Crippen LogP contribution in [0.1, 0.15) is 58.4 Å². The molecule has 1 saturated heterocycles. The third-order valence-corrected chi connectivity index (χ3v) is 8.75. The van der Waals surface area contributed by atoms with Crippen molar-refractivity contribution in [3.05, 3.63) is 33.8 Å². The topological polar surface area (TPSA) is 78.5 Å². The Labute approximate surface area is 202 Å². The van der Waals surface area contributed by atoms with Crippen LogP contribution in [-0.2, 0) is 21.4 Å². The Bertz CT molecular complexity index is 885. The predicted octanol–water partition coefficient (Wildman–Crippen LogP) is 4.21. The number of amides is 1. The summed E-state index contributed by atoms with van der Waals surface area (Å²) in [4.78, 5) is 14.7. The van der Waals surface area contributed by atoms with Crippen molar-refractivity contribution in [2.24, 2.45) is 11.3 Å². The summed E-state index contributed by atoms with van der Waals surface area (Å²) in [6.45, 7) is 9.10. The smallest absolute Gasteiger partial charge is 0.220 e. The van der Waals surface area contributed by atoms with Crippen molar-refractivity contribution in [1.29, 1.82) is 0 Å². The van der Waals surface area contributed by atoms with Gasteiger partial charge in [-0.05, 0) is 73.9 Å². The third kappa shape index (κ3) is 7.87. The zero-order valence-corrected chi connectivity index (χ0v) is 21.5. The zero-order chi connectivity index (χ0) is 23.5. The molecule has 32 heavy (non-hydrogen) atoms. The fourth-order valence-corrected chi connectivity index (χ4v) is 6.39. The number of carbonyl (C=O) groups excluding carboxylic acids is 1. The molecule has 0 spiro atoms. The average molecular weight is 505 g/mol. The van der Waals surface area contributed by atoms with Gasteiger partial charge in [0.15, 0.2) is 0 Å². The number of hydrogen-bond acceptors (Lipinski definition) is 4. The Morgan fingerprint density at radius 3 is 2.22 bits per heavy atom. The maximum absolute atomic E-state index is 12.5. The highest BCUT2D eigenvalue weighted by Gasteiger charge is 2.40. The van der Waals surface area contributed by atoms with Crippen LogP contribution >= 0.6 is 23.2 Å². The van der Waals surface area contributed by atoms with Crippen LogP contribution < -0.4 is 10.0 Å². The number of nitrogens with zero attached hydrogens (tertiary/aromatic N) is 1. The molecule has 1 unspecified atom stereocenters. The fourth-order valence-electron chi connectivity index (χ4n) is 4.04. The van der Waals surface area contributed by atoms with Crippen LogP contribution in [0.2, 0.25) is 10.0 Å². The summed E-state index contributed by atoms with van der Waals surface area (Å²) < 4.78 is 27.9. The quantitative estimate of drug-likeness (QED) is 0.528. The summed E-state index contributed by atoms with van der Waals surface area (Å²) in [5, 5.41) is 3.87. The molecule has 2 N–H and O–H groups in total. The van der Waals surface area contributed by atoms with Crippen LogP contribution in [-0.4, -0.2) is 50.2 Å². The minimum absolute atomic E-state index is 0.0318. The molecule has 1 aromatic carbocycles. The second kappa shape index (κ2) is 10.6. The number of benzene rings is 1. The van der Waals surface area contributed by atoms with Gasteiger partial charge in [-0.2, -0.15) is 0 Å². The molecule has 1 atom stereocenters. The standard InChI is InChI=1S/C23H35Cl2N3O3S/c1-23(2,3)21(27-32(30,31)20-4-5-20)15-28-8-6-16(7-9-28)12-22(29)26-14-17-10-18(24)13-19(25)11-17/h10-11,13,16,20-21,27H,4-9,12,14-15H2,1-3H3,(H,26,29). The molecule has 1 amide bonds. The number of sulfonamides is 1. The van der Waals surface area contributed by atoms with Crippen LogP contribution in [0.3, 0.4) is 0 Å². The summed E-state index contributed by atoms with van der Waals surface area (Å²) >= 11 is 12.0. The third-order valence-electron chi connectivity index (χ3n) is 6.35. The van der Waals surface area contributed by atoms with Gasteiger partial charge in [0.05, 0.1) is 5.25 Å². The lowest BCUT2D eigenvalue weighted by Gasteiger charge is -2.38. The lowest BCUT2D eigenvalue weighted by molar-refractivity contribution is -0.122. The van der Waals surface area contributed by atoms with Gasteiger partial charge in [0, 0.05) is 35.6 Å². The second-order valence-electron chi connectivity index (χ2n) is 10.3. The van der Waals surface area contributed by atoms with Crippen molar-refractivity contribution in [2.45, 2.75) is 70.7 Å². The van der Waals surface area contributed by atoms with Crippen molar-refractivity contribution in [1.82, 2.24) is 14.9 Å². The molecule has 2 fully saturated rings. The Balaban J connectivity index is 1.43. The van der Waals surface area contributed by atoms with E-state index in [0.29, 0.717) is 35.5 Å². The molecule has 2 aliphatic rings. The van der Waals surface area contributed by atoms with Crippen LogP contribution in [0.25, 0.3) is 0 Å². The van der Waals surface area contributed by atoms with Crippen LogP contribution in [0.4, 0.5) is 0 Å². The van der Waals surface area contributed by atoms with E-state index in [0.717, 1.165) is 44.3 Å². The second-order valence-corrected chi connectivity index (χ2v) is 13.1. The number of nitrogens with one attached hydrogen (secondary N) is 2. The van der Waals surface area contributed by atoms with Crippen LogP contribution in [0, 0.1) is 11.3 Å². The van der Waals surface area contributed by atoms with Crippen molar-refractivity contribution in [3.63, 3.8) is 0 Å². The molecule has 1 aliphatic heterocycles. The first-order valence-electron chi connectivity index (χ1n) is 11.4. The average Bonchev–Trinajstić information content (AvgIpc) is 3.52. The summed E-state index contributed by atoms with van der Waals surface area (Å²) in [5.41, 5.74) is 0.717. The summed E-state index contributed by atoms with van der Waals surface area (Å²) in [6, 6.07) is 5.14. The van der Waals surface area contributed by atoms with E-state index in [4.69, 9.17) is 23.2 Å². The van der Waals surface area contributed by atoms with E-state index in [1.807, 2.05) is 0 Å². The van der Waals surface area contributed by atoms with E-state index >= 15 is 0 Å². The molecule has 3 rings (SSSR count). The molecule has 1 saturated carbocycles. The van der Waals surface area contributed by atoms with Gasteiger partial charge in [-0.15, -0.1) is 0 Å². The molecule has 9 heteroatoms. The lowest BCUT2D eigenvalue weighted by Crippen LogP contribution is -2.52. The van der Waals surface area contributed by atoms with Crippen molar-refractivity contribution >= 4 is 39.1 Å². The zero-order valence-electron chi connectivity index (χ0n) is 19.2. The Morgan fingerprint density at radius 2 is 1.69 bits per heavy atom. The number of piperidine rings is 1. The van der Waals surface area contributed by atoms with E-state index in [9.17, 15) is 13.2 Å². The molecule has 180 valence electrons. The summed E-state index contributed by atoms with van der Waals surface area (Å²) in [6.07, 6.45) is 3.90. The van der Waals surface area contributed by atoms with Gasteiger partial charge < -0.3 is 10.2 Å². The summed E-state index contributed by atoms with van der Waals surface area (Å²) in [5.74, 6) is 0.370. The van der Waals surface area contributed by atoms with Crippen molar-refractivity contribution in [3.8, 4) is 0 Å². The molecule has 0 aromatic heterocycles. The normalized spacial score (nSPS) is 19.7. The first kappa shape index (κ1) is 25.8. The molecule has 0 bridgehead atoms. The monoisotopic (exact) mass is 503 g/mol. The van der Waals surface area contributed by atoms with Gasteiger partial charge in [-0.25, -0.2) is 13.1 Å². The number of likely N-dealkylation sites (tertiary alicyclic amines) is 1. The molecular weight excluding hydrogens is 469 g/mol. The van der Waals surface area contributed by atoms with Gasteiger partial charge >= 0.3 is 0 Å². The van der Waals surface area contributed by atoms with Crippen LogP contribution in [0.15, 0.2) is 18.2 Å². The predicted molar refractivity (Wildman–Crippen MR) is 130 cm³/mol. The number of halogens is 2. The Morgan fingerprint density at radius 1 is 1.09 bits per heavy atom. The minimum Gasteiger partial charge on any atom is -0.352 e. The first-order valence-corrected chi connectivity index (χ1v) is 13.7. The van der Waals surface area contributed by atoms with Crippen LogP contribution in [0.5, 0.6) is 0 Å². The van der Waals surface area contributed by atoms with E-state index < -0.39 is 10.0 Å². The SMILES string of the molecule is CC(C)(C)C(CN1CCC(CC(=O)NCc2cc(Cl)cc(Cl)c2)CC1)NS(=O)(=O)C1CC1. The fraction of sp³-hybridized carbons (Fsp3) is 0.696. The highest BCUT2D eigenvalue weighted by Crippen LogP contribution is 2.30. The Hall–Kier alpha value is -0.860. The maximum atomic E-state index is 12.5. The summed E-state index contributed by atoms with van der Waals surface area (Å²) in [7, 11) is -3.23. The van der Waals surface area contributed by atoms with Gasteiger partial charge in [-0.1, -0.05) is 44.0 Å². The largest absolute Gasteiger partial charge is 0.352 e. The minimum atomic E-state index is -3.23. The number of carbonyl (C=O) groups is 1. The molecule has 6 nitrogen and oxygen atoms in total. The highest BCUT2D eigenvalue weighted by molar-refractivity contribution is 7.90. The van der Waals surface area contributed by atoms with Gasteiger partial charge in [0.25, 0.3) is 0 Å². The van der Waals surface area contributed by atoms with E-state index in [1.165, 1.54) is 0 Å². The lowest BCUT2D eigenvalue weighted by atomic mass is 9.86. The van der Waals surface area contributed by atoms with Crippen molar-refractivity contribution < 1.29 is 13.2 Å². The maximum Gasteiger partial charge on any atom is 0.220 e. The van der Waals surface area contributed by atoms with Gasteiger partial charge in [0.2, 0.25) is 15.9 Å². The van der Waals surface area contributed by atoms with E-state index in [1.54, 1.807) is 18.2 Å². The number of rotatable bonds is 9. The molecule has 0 radical (unpaired) electrons. The number of hydrogen-bond donors (Lipinski definition) is 2. The molecule has 1 aliphatic carbocycles. The highest BCUT2D eigenvalue weighted by atomic mass is 35.5. The van der Waals surface area contributed by atoms with Crippen molar-refractivity contribution in [2.75, 3.05) is 19.6 Å². The van der Waals surface area contributed by atoms with Gasteiger partial charge in [0.1, 0.15) is 0 Å². The van der Waals surface area contributed by atoms with E-state index in [2.05, 4.69) is 35.7 Å². The Kier molecular flexibility index (Phi) is 8.53. The molecule has 1 aromatic rings. The first-order chi connectivity index (χ1) is 14.9. The molecular formula is C23H35Cl2N3O3S. The van der Waals surface area contributed by atoms with E-state index in [-0.39, 0.29) is 22.6 Å².